The van der Waals surface area contributed by atoms with Gasteiger partial charge >= 0.3 is 0 Å². The fourth-order valence-corrected chi connectivity index (χ4v) is 1.68. The van der Waals surface area contributed by atoms with Crippen LogP contribution in [0.4, 0.5) is 0 Å². The third-order valence-corrected chi connectivity index (χ3v) is 2.53. The lowest BCUT2D eigenvalue weighted by atomic mass is 9.93. The number of hydrogen-bond acceptors (Lipinski definition) is 2. The summed E-state index contributed by atoms with van der Waals surface area (Å²) in [6, 6.07) is 4.92. The highest BCUT2D eigenvalue weighted by Crippen LogP contribution is 2.21. The van der Waals surface area contributed by atoms with E-state index in [4.69, 9.17) is 11.5 Å². The maximum atomic E-state index is 11.7. The Hall–Kier alpha value is -1.88. The Morgan fingerprint density at radius 1 is 1.21 bits per heavy atom. The second-order valence-corrected chi connectivity index (χ2v) is 4.35. The van der Waals surface area contributed by atoms with Crippen molar-refractivity contribution in [2.24, 2.45) is 16.5 Å². The summed E-state index contributed by atoms with van der Waals surface area (Å²) >= 11 is 0. The van der Waals surface area contributed by atoms with E-state index >= 15 is 0 Å². The van der Waals surface area contributed by atoms with E-state index in [2.05, 4.69) is 4.99 Å². The summed E-state index contributed by atoms with van der Waals surface area (Å²) in [5.41, 5.74) is 12.0. The molecule has 0 aliphatic rings. The molecule has 5 nitrogen and oxygen atoms in total. The molecule has 0 bridgehead atoms. The van der Waals surface area contributed by atoms with Crippen molar-refractivity contribution in [2.45, 2.75) is 26.7 Å². The first-order valence-electron chi connectivity index (χ1n) is 5.61. The molecule has 1 aromatic rings. The molecular weight excluding hydrogens is 266 g/mol. The molecule has 1 amide bonds. The zero-order valence-corrected chi connectivity index (χ0v) is 12.0. The lowest BCUT2D eigenvalue weighted by Crippen LogP contribution is -2.24. The fraction of sp³-hybridized carbons (Fsp3) is 0.308. The lowest BCUT2D eigenvalue weighted by molar-refractivity contribution is 0.100. The van der Waals surface area contributed by atoms with E-state index in [1.54, 1.807) is 12.1 Å². The van der Waals surface area contributed by atoms with E-state index in [0.29, 0.717) is 11.1 Å². The molecule has 4 N–H and O–H groups in total. The highest BCUT2D eigenvalue weighted by Gasteiger charge is 2.14. The SMILES string of the molecule is CC(=O)c1cc(C(=O)N=C(N)N)ccc1C(C)C.Cl. The summed E-state index contributed by atoms with van der Waals surface area (Å²) in [5, 5.41) is 0. The minimum atomic E-state index is -0.548. The number of benzene rings is 1. The molecule has 1 aromatic carbocycles. The molecule has 0 radical (unpaired) electrons. The van der Waals surface area contributed by atoms with E-state index in [0.717, 1.165) is 5.56 Å². The zero-order valence-electron chi connectivity index (χ0n) is 11.1. The molecule has 0 atom stereocenters. The first-order valence-corrected chi connectivity index (χ1v) is 5.61. The van der Waals surface area contributed by atoms with Gasteiger partial charge in [0.25, 0.3) is 5.91 Å². The first kappa shape index (κ1) is 17.1. The Balaban J connectivity index is 0.00000324. The van der Waals surface area contributed by atoms with Crippen molar-refractivity contribution in [2.75, 3.05) is 0 Å². The Morgan fingerprint density at radius 3 is 2.21 bits per heavy atom. The minimum Gasteiger partial charge on any atom is -0.370 e. The summed E-state index contributed by atoms with van der Waals surface area (Å²) in [6.45, 7) is 5.44. The van der Waals surface area contributed by atoms with Crippen LogP contribution < -0.4 is 11.5 Å². The van der Waals surface area contributed by atoms with Crippen LogP contribution >= 0.6 is 12.4 Å². The largest absolute Gasteiger partial charge is 0.370 e. The van der Waals surface area contributed by atoms with Gasteiger partial charge < -0.3 is 11.5 Å². The lowest BCUT2D eigenvalue weighted by Gasteiger charge is -2.11. The van der Waals surface area contributed by atoms with Gasteiger partial charge in [0, 0.05) is 11.1 Å². The maximum absolute atomic E-state index is 11.7. The number of Topliss-reactive ketones (excluding diaryl/α,β-unsaturated/α-hetero) is 1. The summed E-state index contributed by atoms with van der Waals surface area (Å²) in [6.07, 6.45) is 0. The number of ketones is 1. The van der Waals surface area contributed by atoms with E-state index in [1.165, 1.54) is 13.0 Å². The van der Waals surface area contributed by atoms with Gasteiger partial charge in [-0.2, -0.15) is 4.99 Å². The van der Waals surface area contributed by atoms with Gasteiger partial charge in [-0.05, 0) is 30.5 Å². The van der Waals surface area contributed by atoms with Crippen LogP contribution in [-0.4, -0.2) is 17.6 Å². The number of amides is 1. The number of rotatable bonds is 3. The monoisotopic (exact) mass is 283 g/mol. The number of nitrogens with zero attached hydrogens (tertiary/aromatic N) is 1. The Labute approximate surface area is 118 Å². The molecule has 0 unspecified atom stereocenters. The number of halogens is 1. The minimum absolute atomic E-state index is 0. The van der Waals surface area contributed by atoms with Crippen molar-refractivity contribution in [1.82, 2.24) is 0 Å². The Morgan fingerprint density at radius 2 is 1.79 bits per heavy atom. The molecule has 19 heavy (non-hydrogen) atoms. The number of carbonyl (C=O) groups is 2. The highest BCUT2D eigenvalue weighted by atomic mass is 35.5. The first-order chi connectivity index (χ1) is 8.32. The van der Waals surface area contributed by atoms with Crippen molar-refractivity contribution in [3.05, 3.63) is 34.9 Å². The number of aliphatic imine (C=N–C) groups is 1. The van der Waals surface area contributed by atoms with Crippen LogP contribution in [0.2, 0.25) is 0 Å². The fourth-order valence-electron chi connectivity index (χ4n) is 1.68. The average Bonchev–Trinajstić information content (AvgIpc) is 2.26. The second-order valence-electron chi connectivity index (χ2n) is 4.35. The van der Waals surface area contributed by atoms with Gasteiger partial charge in [0.05, 0.1) is 0 Å². The molecule has 0 aromatic heterocycles. The molecule has 0 fully saturated rings. The van der Waals surface area contributed by atoms with Crippen LogP contribution in [0.5, 0.6) is 0 Å². The third kappa shape index (κ3) is 4.37. The topological polar surface area (TPSA) is 98.5 Å². The van der Waals surface area contributed by atoms with Gasteiger partial charge in [-0.15, -0.1) is 12.4 Å². The Kier molecular flexibility index (Phi) is 6.21. The van der Waals surface area contributed by atoms with Gasteiger partial charge in [-0.3, -0.25) is 9.59 Å². The van der Waals surface area contributed by atoms with Crippen LogP contribution in [-0.2, 0) is 0 Å². The summed E-state index contributed by atoms with van der Waals surface area (Å²) < 4.78 is 0. The summed E-state index contributed by atoms with van der Waals surface area (Å²) in [4.78, 5) is 26.7. The maximum Gasteiger partial charge on any atom is 0.280 e. The summed E-state index contributed by atoms with van der Waals surface area (Å²) in [5.74, 6) is -0.723. The molecule has 0 spiro atoms. The van der Waals surface area contributed by atoms with Crippen LogP contribution in [0.25, 0.3) is 0 Å². The molecule has 0 saturated carbocycles. The van der Waals surface area contributed by atoms with Crippen LogP contribution in [0, 0.1) is 0 Å². The van der Waals surface area contributed by atoms with Gasteiger partial charge in [-0.1, -0.05) is 19.9 Å². The molecule has 0 saturated heterocycles. The molecule has 104 valence electrons. The van der Waals surface area contributed by atoms with Gasteiger partial charge in [0.15, 0.2) is 11.7 Å². The van der Waals surface area contributed by atoms with E-state index in [1.807, 2.05) is 13.8 Å². The van der Waals surface area contributed by atoms with Crippen LogP contribution in [0.3, 0.4) is 0 Å². The van der Waals surface area contributed by atoms with Crippen LogP contribution in [0.1, 0.15) is 53.0 Å². The van der Waals surface area contributed by atoms with E-state index in [-0.39, 0.29) is 30.1 Å². The Bertz CT molecular complexity index is 521. The third-order valence-electron chi connectivity index (χ3n) is 2.53. The number of nitrogens with two attached hydrogens (primary N) is 2. The van der Waals surface area contributed by atoms with Crippen molar-refractivity contribution in [1.29, 1.82) is 0 Å². The molecular formula is C13H18ClN3O2. The predicted molar refractivity (Wildman–Crippen MR) is 77.9 cm³/mol. The average molecular weight is 284 g/mol. The predicted octanol–water partition coefficient (Wildman–Crippen LogP) is 1.85. The van der Waals surface area contributed by atoms with Crippen molar-refractivity contribution < 1.29 is 9.59 Å². The second kappa shape index (κ2) is 6.89. The summed E-state index contributed by atoms with van der Waals surface area (Å²) in [7, 11) is 0. The quantitative estimate of drug-likeness (QED) is 0.502. The highest BCUT2D eigenvalue weighted by molar-refractivity contribution is 6.04. The van der Waals surface area contributed by atoms with Crippen molar-refractivity contribution in [3.8, 4) is 0 Å². The van der Waals surface area contributed by atoms with E-state index in [9.17, 15) is 9.59 Å². The molecule has 1 rings (SSSR count). The molecule has 0 heterocycles. The molecule has 0 aliphatic carbocycles. The standard InChI is InChI=1S/C13H17N3O2.ClH/c1-7(2)10-5-4-9(6-11(10)8(3)17)12(18)16-13(14)15;/h4-7H,1-3H3,(H4,14,15,16,18);1H. The van der Waals surface area contributed by atoms with Gasteiger partial charge in [0.2, 0.25) is 0 Å². The van der Waals surface area contributed by atoms with Crippen molar-refractivity contribution in [3.63, 3.8) is 0 Å². The normalized spacial score (nSPS) is 9.68. The number of guanidine groups is 1. The molecule has 6 heteroatoms. The zero-order chi connectivity index (χ0) is 13.9. The van der Waals surface area contributed by atoms with E-state index < -0.39 is 5.91 Å². The molecule has 0 aliphatic heterocycles. The van der Waals surface area contributed by atoms with Crippen LogP contribution in [0.15, 0.2) is 23.2 Å². The van der Waals surface area contributed by atoms with Crippen molar-refractivity contribution >= 4 is 30.1 Å². The van der Waals surface area contributed by atoms with Gasteiger partial charge in [0.1, 0.15) is 0 Å². The smallest absolute Gasteiger partial charge is 0.280 e. The number of carbonyl (C=O) groups excluding carboxylic acids is 2. The number of hydrogen-bond donors (Lipinski definition) is 2. The van der Waals surface area contributed by atoms with Gasteiger partial charge in [-0.25, -0.2) is 0 Å².